The average Bonchev–Trinajstić information content (AvgIpc) is 3.32. The van der Waals surface area contributed by atoms with Gasteiger partial charge in [0.1, 0.15) is 17.9 Å². The van der Waals surface area contributed by atoms with E-state index in [1.54, 1.807) is 18.3 Å². The predicted octanol–water partition coefficient (Wildman–Crippen LogP) is 0.182. The van der Waals surface area contributed by atoms with E-state index < -0.39 is 12.3 Å². The Morgan fingerprint density at radius 1 is 1.43 bits per heavy atom. The second kappa shape index (κ2) is 7.61. The fraction of sp³-hybridized carbons (Fsp3) is 0.667. The van der Waals surface area contributed by atoms with Gasteiger partial charge in [0.25, 0.3) is 0 Å². The number of imidazole rings is 1. The number of aromatic nitrogens is 4. The maximum absolute atomic E-state index is 12.9. The van der Waals surface area contributed by atoms with Crippen LogP contribution in [0, 0.1) is 0 Å². The molecular formula is C18H27N7O3. The Morgan fingerprint density at radius 3 is 3.00 bits per heavy atom. The molecular weight excluding hydrogens is 362 g/mol. The van der Waals surface area contributed by atoms with Gasteiger partial charge in [0.05, 0.1) is 24.5 Å². The van der Waals surface area contributed by atoms with E-state index in [0.29, 0.717) is 23.4 Å². The number of H-pyrrole nitrogens is 1. The molecule has 0 unspecified atom stereocenters. The molecule has 10 heteroatoms. The van der Waals surface area contributed by atoms with Gasteiger partial charge in [-0.15, -0.1) is 0 Å². The van der Waals surface area contributed by atoms with Crippen LogP contribution in [-0.4, -0.2) is 91.9 Å². The van der Waals surface area contributed by atoms with Crippen LogP contribution in [0.15, 0.2) is 12.7 Å². The lowest BCUT2D eigenvalue weighted by atomic mass is 9.97. The van der Waals surface area contributed by atoms with Crippen LogP contribution in [0.4, 0.5) is 5.82 Å². The van der Waals surface area contributed by atoms with Crippen LogP contribution in [0.2, 0.25) is 0 Å². The second-order valence-corrected chi connectivity index (χ2v) is 7.69. The van der Waals surface area contributed by atoms with Crippen molar-refractivity contribution in [3.63, 3.8) is 0 Å². The number of amides is 1. The summed E-state index contributed by atoms with van der Waals surface area (Å²) in [4.78, 5) is 32.1. The van der Waals surface area contributed by atoms with E-state index in [-0.39, 0.29) is 24.1 Å². The maximum Gasteiger partial charge on any atom is 0.240 e. The molecule has 3 N–H and O–H groups in total. The lowest BCUT2D eigenvalue weighted by Crippen LogP contribution is -2.58. The molecule has 2 aromatic rings. The number of aromatic amines is 1. The summed E-state index contributed by atoms with van der Waals surface area (Å²) < 4.78 is 6.04. The Kier molecular flexibility index (Phi) is 5.17. The number of nitrogens with zero attached hydrogens (tertiary/aromatic N) is 5. The van der Waals surface area contributed by atoms with E-state index in [1.807, 2.05) is 14.0 Å². The Balaban J connectivity index is 1.44. The van der Waals surface area contributed by atoms with Gasteiger partial charge in [0, 0.05) is 13.5 Å². The highest BCUT2D eigenvalue weighted by molar-refractivity contribution is 5.83. The molecule has 4 rings (SSSR count). The Labute approximate surface area is 163 Å². The number of hydrogen-bond donors (Lipinski definition) is 3. The highest BCUT2D eigenvalue weighted by Gasteiger charge is 2.41. The molecule has 28 heavy (non-hydrogen) atoms. The van der Waals surface area contributed by atoms with Gasteiger partial charge in [-0.1, -0.05) is 0 Å². The third-order valence-corrected chi connectivity index (χ3v) is 5.89. The Morgan fingerprint density at radius 2 is 2.25 bits per heavy atom. The van der Waals surface area contributed by atoms with Crippen LogP contribution in [-0.2, 0) is 9.53 Å². The number of fused-ring (bicyclic) bond motifs is 1. The minimum absolute atomic E-state index is 0.0835. The number of likely N-dealkylation sites (tertiary alicyclic amines) is 1. The van der Waals surface area contributed by atoms with Crippen molar-refractivity contribution in [1.29, 1.82) is 0 Å². The molecule has 0 aliphatic carbocycles. The van der Waals surface area contributed by atoms with Crippen molar-refractivity contribution in [2.45, 2.75) is 56.7 Å². The zero-order valence-electron chi connectivity index (χ0n) is 16.4. The molecule has 2 saturated heterocycles. The summed E-state index contributed by atoms with van der Waals surface area (Å²) in [6.07, 6.45) is 3.64. The van der Waals surface area contributed by atoms with Gasteiger partial charge in [-0.25, -0.2) is 15.0 Å². The number of aliphatic hydroxyl groups is 1. The van der Waals surface area contributed by atoms with Gasteiger partial charge in [-0.3, -0.25) is 9.69 Å². The Bertz CT molecular complexity index is 843. The van der Waals surface area contributed by atoms with Crippen molar-refractivity contribution in [1.82, 2.24) is 29.7 Å². The van der Waals surface area contributed by atoms with E-state index >= 15 is 0 Å². The van der Waals surface area contributed by atoms with Gasteiger partial charge >= 0.3 is 0 Å². The number of aliphatic hydroxyl groups excluding tert-OH is 1. The molecule has 0 aromatic carbocycles. The first-order valence-electron chi connectivity index (χ1n) is 9.66. The maximum atomic E-state index is 12.9. The molecule has 0 spiro atoms. The van der Waals surface area contributed by atoms with Gasteiger partial charge < -0.3 is 25.0 Å². The molecule has 0 radical (unpaired) electrons. The highest BCUT2D eigenvalue weighted by Crippen LogP contribution is 2.27. The lowest BCUT2D eigenvalue weighted by Gasteiger charge is -2.43. The number of anilines is 1. The van der Waals surface area contributed by atoms with Crippen LogP contribution in [0.1, 0.15) is 26.2 Å². The number of carbonyl (C=O) groups excluding carboxylic acids is 1. The number of ether oxygens (including phenoxy) is 1. The van der Waals surface area contributed by atoms with Gasteiger partial charge in [-0.2, -0.15) is 0 Å². The van der Waals surface area contributed by atoms with Gasteiger partial charge in [-0.05, 0) is 33.4 Å². The highest BCUT2D eigenvalue weighted by atomic mass is 16.5. The van der Waals surface area contributed by atoms with Gasteiger partial charge in [0.2, 0.25) is 5.91 Å². The van der Waals surface area contributed by atoms with Crippen molar-refractivity contribution in [3.05, 3.63) is 12.7 Å². The third-order valence-electron chi connectivity index (χ3n) is 5.89. The summed E-state index contributed by atoms with van der Waals surface area (Å²) in [7, 11) is 3.79. The zero-order chi connectivity index (χ0) is 19.8. The molecule has 2 aliphatic heterocycles. The van der Waals surface area contributed by atoms with Crippen molar-refractivity contribution in [2.24, 2.45) is 0 Å². The monoisotopic (exact) mass is 389 g/mol. The summed E-state index contributed by atoms with van der Waals surface area (Å²) in [5, 5.41) is 13.8. The summed E-state index contributed by atoms with van der Waals surface area (Å²) in [5.41, 5.74) is 1.20. The number of rotatable bonds is 4. The molecule has 5 atom stereocenters. The fourth-order valence-corrected chi connectivity index (χ4v) is 4.21. The van der Waals surface area contributed by atoms with Crippen molar-refractivity contribution in [3.8, 4) is 0 Å². The predicted molar refractivity (Wildman–Crippen MR) is 102 cm³/mol. The van der Waals surface area contributed by atoms with Crippen LogP contribution in [0.5, 0.6) is 0 Å². The first-order chi connectivity index (χ1) is 13.5. The topological polar surface area (TPSA) is 119 Å². The first-order valence-corrected chi connectivity index (χ1v) is 9.66. The van der Waals surface area contributed by atoms with Crippen molar-refractivity contribution in [2.75, 3.05) is 26.0 Å². The van der Waals surface area contributed by atoms with E-state index in [2.05, 4.69) is 30.2 Å². The molecule has 0 saturated carbocycles. The standard InChI is InChI=1S/C18H27N7O3/c1-10-12(25(3)18(27)11-5-4-6-24(11)2)7-13(26)17(28-10)23-16-14-15(20-8-19-14)21-9-22-16/h8-13,17,26H,4-7H2,1-3H3,(H2,19,20,21,22,23)/t10-,11+,12+,13-,17-/m0/s1. The Hall–Kier alpha value is -2.30. The van der Waals surface area contributed by atoms with E-state index in [4.69, 9.17) is 4.74 Å². The van der Waals surface area contributed by atoms with E-state index in [1.165, 1.54) is 6.33 Å². The van der Waals surface area contributed by atoms with Crippen LogP contribution in [0.3, 0.4) is 0 Å². The van der Waals surface area contributed by atoms with E-state index in [9.17, 15) is 9.90 Å². The number of hydrogen-bond acceptors (Lipinski definition) is 8. The number of likely N-dealkylation sites (N-methyl/N-ethyl adjacent to an activating group) is 2. The minimum atomic E-state index is -0.786. The second-order valence-electron chi connectivity index (χ2n) is 7.69. The SMILES string of the molecule is C[C@@H]1O[C@H](Nc2ncnc3nc[nH]c23)[C@@H](O)C[C@H]1N(C)C(=O)[C@H]1CCCN1C. The molecule has 152 valence electrons. The van der Waals surface area contributed by atoms with E-state index in [0.717, 1.165) is 19.4 Å². The van der Waals surface area contributed by atoms with Gasteiger partial charge in [0.15, 0.2) is 17.7 Å². The molecule has 2 aliphatic rings. The third kappa shape index (κ3) is 3.43. The van der Waals surface area contributed by atoms with Crippen molar-refractivity contribution < 1.29 is 14.6 Å². The summed E-state index contributed by atoms with van der Waals surface area (Å²) in [5.74, 6) is 0.614. The number of carbonyl (C=O) groups is 1. The molecule has 2 aromatic heterocycles. The minimum Gasteiger partial charge on any atom is -0.388 e. The van der Waals surface area contributed by atoms with Crippen LogP contribution in [0.25, 0.3) is 11.2 Å². The molecule has 4 heterocycles. The fourth-order valence-electron chi connectivity index (χ4n) is 4.21. The van der Waals surface area contributed by atoms with Crippen molar-refractivity contribution >= 4 is 22.9 Å². The summed E-state index contributed by atoms with van der Waals surface area (Å²) >= 11 is 0. The molecule has 1 amide bonds. The molecule has 10 nitrogen and oxygen atoms in total. The van der Waals surface area contributed by atoms with Crippen LogP contribution < -0.4 is 5.32 Å². The lowest BCUT2D eigenvalue weighted by molar-refractivity contribution is -0.156. The van der Waals surface area contributed by atoms with Crippen LogP contribution >= 0.6 is 0 Å². The molecule has 2 fully saturated rings. The quantitative estimate of drug-likeness (QED) is 0.678. The largest absolute Gasteiger partial charge is 0.388 e. The zero-order valence-corrected chi connectivity index (χ0v) is 16.4. The number of nitrogens with one attached hydrogen (secondary N) is 2. The first kappa shape index (κ1) is 19.0. The summed E-state index contributed by atoms with van der Waals surface area (Å²) in [6, 6.07) is -0.271. The smallest absolute Gasteiger partial charge is 0.240 e. The molecule has 0 bridgehead atoms. The average molecular weight is 389 g/mol. The normalized spacial score (nSPS) is 31.2. The summed E-state index contributed by atoms with van der Waals surface area (Å²) in [6.45, 7) is 2.87.